The molecule has 2 amide bonds. The van der Waals surface area contributed by atoms with E-state index in [1.54, 1.807) is 0 Å². The third-order valence-electron chi connectivity index (χ3n) is 4.89. The van der Waals surface area contributed by atoms with Crippen molar-refractivity contribution in [1.29, 1.82) is 0 Å². The number of carbonyl (C=O) groups excluding carboxylic acids is 2. The van der Waals surface area contributed by atoms with Gasteiger partial charge < -0.3 is 15.2 Å². The van der Waals surface area contributed by atoms with Gasteiger partial charge in [0.25, 0.3) is 17.4 Å². The molecule has 142 valence electrons. The number of carbonyl (C=O) groups is 2. The molecule has 2 N–H and O–H groups in total. The van der Waals surface area contributed by atoms with E-state index in [9.17, 15) is 18.8 Å². The fourth-order valence-electron chi connectivity index (χ4n) is 3.14. The van der Waals surface area contributed by atoms with E-state index in [4.69, 9.17) is 0 Å². The van der Waals surface area contributed by atoms with Crippen molar-refractivity contribution in [2.24, 2.45) is 0 Å². The molecule has 0 saturated heterocycles. The van der Waals surface area contributed by atoms with Crippen LogP contribution in [0.15, 0.2) is 47.4 Å². The smallest absolute Gasteiger partial charge is 0.264 e. The molecule has 0 bridgehead atoms. The van der Waals surface area contributed by atoms with Crippen LogP contribution < -0.4 is 16.2 Å². The van der Waals surface area contributed by atoms with Crippen molar-refractivity contribution in [3.8, 4) is 0 Å². The minimum atomic E-state index is -0.885. The molecule has 0 aliphatic heterocycles. The van der Waals surface area contributed by atoms with Gasteiger partial charge in [-0.05, 0) is 31.4 Å². The summed E-state index contributed by atoms with van der Waals surface area (Å²) in [5.74, 6) is -0.984. The van der Waals surface area contributed by atoms with E-state index in [1.807, 2.05) is 37.3 Å². The Morgan fingerprint density at radius 2 is 1.85 bits per heavy atom. The molecule has 2 aromatic rings. The Labute approximate surface area is 156 Å². The first-order valence-corrected chi connectivity index (χ1v) is 8.88. The lowest BCUT2D eigenvalue weighted by Gasteiger charge is -2.30. The Morgan fingerprint density at radius 1 is 1.19 bits per heavy atom. The third kappa shape index (κ3) is 3.92. The molecule has 6 nitrogen and oxygen atoms in total. The first-order chi connectivity index (χ1) is 12.9. The quantitative estimate of drug-likeness (QED) is 0.844. The molecule has 1 fully saturated rings. The maximum Gasteiger partial charge on any atom is 0.264 e. The van der Waals surface area contributed by atoms with Crippen molar-refractivity contribution in [3.05, 3.63) is 69.6 Å². The molecule has 1 heterocycles. The zero-order chi connectivity index (χ0) is 19.6. The van der Waals surface area contributed by atoms with Gasteiger partial charge in [0.2, 0.25) is 0 Å². The van der Waals surface area contributed by atoms with E-state index in [2.05, 4.69) is 10.6 Å². The standard InChI is InChI=1S/C20H22FN3O3/c1-12(13-6-4-3-5-7-13)24-11-14(8-17(20(24)27)19(26)22-2)18(25)23-16-9-15(21)10-16/h3-8,11-12,15-16H,9-10H2,1-2H3,(H,22,26)(H,23,25). The number of halogens is 1. The number of amides is 2. The molecule has 1 aliphatic rings. The van der Waals surface area contributed by atoms with E-state index in [-0.39, 0.29) is 36.1 Å². The normalized spacial score (nSPS) is 19.7. The highest BCUT2D eigenvalue weighted by molar-refractivity contribution is 5.99. The molecule has 1 aromatic heterocycles. The number of benzene rings is 1. The monoisotopic (exact) mass is 371 g/mol. The molecule has 0 radical (unpaired) electrons. The Balaban J connectivity index is 2.00. The average molecular weight is 371 g/mol. The summed E-state index contributed by atoms with van der Waals surface area (Å²) in [6.45, 7) is 1.83. The molecular formula is C20H22FN3O3. The van der Waals surface area contributed by atoms with Crippen molar-refractivity contribution in [2.75, 3.05) is 7.05 Å². The summed E-state index contributed by atoms with van der Waals surface area (Å²) in [5, 5.41) is 5.18. The predicted octanol–water partition coefficient (Wildman–Crippen LogP) is 2.05. The summed E-state index contributed by atoms with van der Waals surface area (Å²) in [5.41, 5.74) is 0.484. The van der Waals surface area contributed by atoms with Gasteiger partial charge in [-0.1, -0.05) is 30.3 Å². The van der Waals surface area contributed by atoms with Crippen LogP contribution in [0.5, 0.6) is 0 Å². The summed E-state index contributed by atoms with van der Waals surface area (Å²) < 4.78 is 14.4. The molecule has 1 unspecified atom stereocenters. The highest BCUT2D eigenvalue weighted by atomic mass is 19.1. The predicted molar refractivity (Wildman–Crippen MR) is 99.7 cm³/mol. The van der Waals surface area contributed by atoms with Gasteiger partial charge in [-0.15, -0.1) is 0 Å². The number of aromatic nitrogens is 1. The summed E-state index contributed by atoms with van der Waals surface area (Å²) >= 11 is 0. The molecule has 27 heavy (non-hydrogen) atoms. The fraction of sp³-hybridized carbons (Fsp3) is 0.350. The maximum atomic E-state index is 13.0. The molecule has 3 rings (SSSR count). The van der Waals surface area contributed by atoms with Crippen molar-refractivity contribution in [1.82, 2.24) is 15.2 Å². The van der Waals surface area contributed by atoms with Crippen molar-refractivity contribution in [2.45, 2.75) is 38.0 Å². The molecule has 0 spiro atoms. The van der Waals surface area contributed by atoms with Crippen LogP contribution in [0.4, 0.5) is 4.39 Å². The maximum absolute atomic E-state index is 13.0. The van der Waals surface area contributed by atoms with Crippen molar-refractivity contribution in [3.63, 3.8) is 0 Å². The minimum absolute atomic E-state index is 0.107. The summed E-state index contributed by atoms with van der Waals surface area (Å²) in [4.78, 5) is 37.5. The Morgan fingerprint density at radius 3 is 2.44 bits per heavy atom. The summed E-state index contributed by atoms with van der Waals surface area (Å²) in [7, 11) is 1.43. The zero-order valence-electron chi connectivity index (χ0n) is 15.2. The van der Waals surface area contributed by atoms with Crippen molar-refractivity contribution < 1.29 is 14.0 Å². The Kier molecular flexibility index (Phi) is 5.39. The van der Waals surface area contributed by atoms with Gasteiger partial charge in [-0.2, -0.15) is 0 Å². The van der Waals surface area contributed by atoms with E-state index < -0.39 is 23.5 Å². The number of pyridine rings is 1. The zero-order valence-corrected chi connectivity index (χ0v) is 15.2. The largest absolute Gasteiger partial charge is 0.355 e. The van der Waals surface area contributed by atoms with Crippen LogP contribution in [-0.4, -0.2) is 35.6 Å². The lowest BCUT2D eigenvalue weighted by atomic mass is 9.90. The Bertz CT molecular complexity index is 904. The van der Waals surface area contributed by atoms with Crippen LogP contribution in [0.1, 0.15) is 52.1 Å². The van der Waals surface area contributed by atoms with E-state index in [1.165, 1.54) is 23.9 Å². The minimum Gasteiger partial charge on any atom is -0.355 e. The second-order valence-corrected chi connectivity index (χ2v) is 6.76. The van der Waals surface area contributed by atoms with Crippen LogP contribution in [0.3, 0.4) is 0 Å². The summed E-state index contributed by atoms with van der Waals surface area (Å²) in [6, 6.07) is 10.0. The number of nitrogens with one attached hydrogen (secondary N) is 2. The van der Waals surface area contributed by atoms with Crippen molar-refractivity contribution >= 4 is 11.8 Å². The number of alkyl halides is 1. The SMILES string of the molecule is CNC(=O)c1cc(C(=O)NC2CC(F)C2)cn(C(C)c2ccccc2)c1=O. The van der Waals surface area contributed by atoms with Crippen LogP contribution in [0, 0.1) is 0 Å². The first kappa shape index (κ1) is 18.8. The van der Waals surface area contributed by atoms with E-state index in [0.29, 0.717) is 0 Å². The highest BCUT2D eigenvalue weighted by Gasteiger charge is 2.30. The molecule has 1 aliphatic carbocycles. The molecular weight excluding hydrogens is 349 g/mol. The number of hydrogen-bond acceptors (Lipinski definition) is 3. The average Bonchev–Trinajstić information content (AvgIpc) is 2.66. The third-order valence-corrected chi connectivity index (χ3v) is 4.89. The first-order valence-electron chi connectivity index (χ1n) is 8.88. The molecule has 1 aromatic carbocycles. The van der Waals surface area contributed by atoms with Crippen LogP contribution in [0.2, 0.25) is 0 Å². The molecule has 7 heteroatoms. The van der Waals surface area contributed by atoms with Crippen LogP contribution in [-0.2, 0) is 0 Å². The second-order valence-electron chi connectivity index (χ2n) is 6.76. The van der Waals surface area contributed by atoms with E-state index >= 15 is 0 Å². The van der Waals surface area contributed by atoms with E-state index in [0.717, 1.165) is 5.56 Å². The topological polar surface area (TPSA) is 80.2 Å². The lowest BCUT2D eigenvalue weighted by Crippen LogP contribution is -2.45. The fourth-order valence-corrected chi connectivity index (χ4v) is 3.14. The van der Waals surface area contributed by atoms with Gasteiger partial charge in [0.1, 0.15) is 11.7 Å². The molecule has 1 saturated carbocycles. The van der Waals surface area contributed by atoms with Crippen LogP contribution in [0.25, 0.3) is 0 Å². The van der Waals surface area contributed by atoms with Gasteiger partial charge >= 0.3 is 0 Å². The second kappa shape index (κ2) is 7.73. The number of nitrogens with zero attached hydrogens (tertiary/aromatic N) is 1. The number of hydrogen-bond donors (Lipinski definition) is 2. The van der Waals surface area contributed by atoms with Gasteiger partial charge in [0.05, 0.1) is 11.6 Å². The Hall–Kier alpha value is -2.96. The van der Waals surface area contributed by atoms with Gasteiger partial charge in [-0.25, -0.2) is 4.39 Å². The lowest BCUT2D eigenvalue weighted by molar-refractivity contribution is 0.0859. The van der Waals surface area contributed by atoms with Crippen LogP contribution >= 0.6 is 0 Å². The van der Waals surface area contributed by atoms with Gasteiger partial charge in [-0.3, -0.25) is 14.4 Å². The summed E-state index contributed by atoms with van der Waals surface area (Å²) in [6.07, 6.45) is 1.14. The van der Waals surface area contributed by atoms with Gasteiger partial charge in [0.15, 0.2) is 0 Å². The van der Waals surface area contributed by atoms with Gasteiger partial charge in [0, 0.05) is 19.3 Å². The number of rotatable bonds is 5. The highest BCUT2D eigenvalue weighted by Crippen LogP contribution is 2.23. The molecule has 1 atom stereocenters.